The van der Waals surface area contributed by atoms with E-state index in [0.717, 1.165) is 4.88 Å². The molecule has 1 heterocycles. The molecule has 116 valence electrons. The van der Waals surface area contributed by atoms with Crippen LogP contribution < -0.4 is 10.5 Å². The molecule has 22 heavy (non-hydrogen) atoms. The number of rotatable bonds is 6. The van der Waals surface area contributed by atoms with Gasteiger partial charge >= 0.3 is 0 Å². The fourth-order valence-corrected chi connectivity index (χ4v) is 2.72. The summed E-state index contributed by atoms with van der Waals surface area (Å²) in [6, 6.07) is 8.40. The molecule has 0 atom stereocenters. The number of halogens is 1. The van der Waals surface area contributed by atoms with Gasteiger partial charge in [0.2, 0.25) is 0 Å². The van der Waals surface area contributed by atoms with Crippen LogP contribution >= 0.6 is 22.9 Å². The number of likely N-dealkylation sites (N-methyl/N-ethyl adjacent to an activating group) is 1. The molecule has 2 amide bonds. The average molecular weight is 339 g/mol. The maximum absolute atomic E-state index is 12.1. The Morgan fingerprint density at radius 1 is 1.36 bits per heavy atom. The van der Waals surface area contributed by atoms with Crippen LogP contribution in [0.1, 0.15) is 15.2 Å². The third kappa shape index (κ3) is 4.22. The zero-order chi connectivity index (χ0) is 16.1. The van der Waals surface area contributed by atoms with Gasteiger partial charge in [0.25, 0.3) is 11.8 Å². The van der Waals surface area contributed by atoms with Gasteiger partial charge in [0.15, 0.2) is 6.61 Å². The molecule has 2 rings (SSSR count). The number of thiophene rings is 1. The molecule has 7 heteroatoms. The standard InChI is InChI=1S/C15H15ClN2O3S/c1-18(8-11-3-2-6-22-11)14(19)9-21-13-5-4-10(16)7-12(13)15(17)20/h2-7H,8-9H2,1H3,(H2,17,20). The van der Waals surface area contributed by atoms with Crippen LogP contribution in [-0.2, 0) is 11.3 Å². The van der Waals surface area contributed by atoms with Gasteiger partial charge < -0.3 is 15.4 Å². The van der Waals surface area contributed by atoms with E-state index >= 15 is 0 Å². The van der Waals surface area contributed by atoms with Crippen LogP contribution in [0.5, 0.6) is 5.75 Å². The number of hydrogen-bond acceptors (Lipinski definition) is 4. The lowest BCUT2D eigenvalue weighted by molar-refractivity contribution is -0.132. The fraction of sp³-hybridized carbons (Fsp3) is 0.200. The van der Waals surface area contributed by atoms with E-state index in [9.17, 15) is 9.59 Å². The van der Waals surface area contributed by atoms with Crippen LogP contribution in [0.2, 0.25) is 5.02 Å². The lowest BCUT2D eigenvalue weighted by Crippen LogP contribution is -2.31. The number of primary amides is 1. The molecular weight excluding hydrogens is 324 g/mol. The first-order chi connectivity index (χ1) is 10.5. The van der Waals surface area contributed by atoms with Crippen molar-refractivity contribution in [2.24, 2.45) is 5.73 Å². The van der Waals surface area contributed by atoms with Gasteiger partial charge in [0.1, 0.15) is 5.75 Å². The molecule has 0 radical (unpaired) electrons. The quantitative estimate of drug-likeness (QED) is 0.879. The molecule has 1 aromatic heterocycles. The van der Waals surface area contributed by atoms with Crippen molar-refractivity contribution in [1.82, 2.24) is 4.90 Å². The summed E-state index contributed by atoms with van der Waals surface area (Å²) < 4.78 is 5.41. The molecule has 0 unspecified atom stereocenters. The number of amides is 2. The molecule has 5 nitrogen and oxygen atoms in total. The van der Waals surface area contributed by atoms with Crippen molar-refractivity contribution < 1.29 is 14.3 Å². The Kier molecular flexibility index (Phi) is 5.41. The minimum Gasteiger partial charge on any atom is -0.483 e. The third-order valence-electron chi connectivity index (χ3n) is 2.96. The van der Waals surface area contributed by atoms with Gasteiger partial charge in [-0.1, -0.05) is 17.7 Å². The molecule has 2 N–H and O–H groups in total. The van der Waals surface area contributed by atoms with Crippen LogP contribution in [-0.4, -0.2) is 30.4 Å². The second-order valence-corrected chi connectivity index (χ2v) is 6.09. The largest absolute Gasteiger partial charge is 0.483 e. The molecule has 0 bridgehead atoms. The highest BCUT2D eigenvalue weighted by atomic mass is 35.5. The predicted octanol–water partition coefficient (Wildman–Crippen LogP) is 2.54. The van der Waals surface area contributed by atoms with Gasteiger partial charge in [0, 0.05) is 16.9 Å². The molecule has 0 fully saturated rings. The predicted molar refractivity (Wildman–Crippen MR) is 86.3 cm³/mol. The monoisotopic (exact) mass is 338 g/mol. The first-order valence-electron chi connectivity index (χ1n) is 6.46. The van der Waals surface area contributed by atoms with Gasteiger partial charge in [0.05, 0.1) is 12.1 Å². The van der Waals surface area contributed by atoms with Gasteiger partial charge in [-0.15, -0.1) is 11.3 Å². The van der Waals surface area contributed by atoms with Crippen molar-refractivity contribution in [2.45, 2.75) is 6.54 Å². The van der Waals surface area contributed by atoms with Crippen molar-refractivity contribution >= 4 is 34.8 Å². The number of nitrogens with two attached hydrogens (primary N) is 1. The Bertz CT molecular complexity index is 673. The maximum atomic E-state index is 12.1. The van der Waals surface area contributed by atoms with Crippen LogP contribution in [0, 0.1) is 0 Å². The lowest BCUT2D eigenvalue weighted by atomic mass is 10.2. The molecule has 0 aliphatic carbocycles. The molecule has 1 aromatic carbocycles. The first-order valence-corrected chi connectivity index (χ1v) is 7.71. The van der Waals surface area contributed by atoms with Gasteiger partial charge in [-0.3, -0.25) is 9.59 Å². The molecule has 0 aliphatic heterocycles. The lowest BCUT2D eigenvalue weighted by Gasteiger charge is -2.17. The van der Waals surface area contributed by atoms with Crippen molar-refractivity contribution in [3.63, 3.8) is 0 Å². The van der Waals surface area contributed by atoms with Gasteiger partial charge in [-0.2, -0.15) is 0 Å². The third-order valence-corrected chi connectivity index (χ3v) is 4.05. The van der Waals surface area contributed by atoms with E-state index in [2.05, 4.69) is 0 Å². The normalized spacial score (nSPS) is 10.3. The smallest absolute Gasteiger partial charge is 0.260 e. The molecular formula is C15H15ClN2O3S. The minimum atomic E-state index is -0.656. The van der Waals surface area contributed by atoms with Crippen LogP contribution in [0.15, 0.2) is 35.7 Å². The molecule has 0 aliphatic rings. The molecule has 0 spiro atoms. The SMILES string of the molecule is CN(Cc1cccs1)C(=O)COc1ccc(Cl)cc1C(N)=O. The van der Waals surface area contributed by atoms with E-state index in [0.29, 0.717) is 11.6 Å². The van der Waals surface area contributed by atoms with Crippen LogP contribution in [0.3, 0.4) is 0 Å². The number of ether oxygens (including phenoxy) is 1. The Balaban J connectivity index is 1.97. The Labute approximate surface area is 137 Å². The molecule has 0 saturated carbocycles. The van der Waals surface area contributed by atoms with E-state index in [-0.39, 0.29) is 23.8 Å². The molecule has 0 saturated heterocycles. The van der Waals surface area contributed by atoms with Gasteiger partial charge in [-0.25, -0.2) is 0 Å². The summed E-state index contributed by atoms with van der Waals surface area (Å²) in [4.78, 5) is 26.1. The highest BCUT2D eigenvalue weighted by molar-refractivity contribution is 7.09. The van der Waals surface area contributed by atoms with Gasteiger partial charge in [-0.05, 0) is 29.6 Å². The summed E-state index contributed by atoms with van der Waals surface area (Å²) in [5.74, 6) is -0.606. The highest BCUT2D eigenvalue weighted by Gasteiger charge is 2.14. The summed E-state index contributed by atoms with van der Waals surface area (Å²) in [5.41, 5.74) is 5.42. The van der Waals surface area contributed by atoms with E-state index in [1.165, 1.54) is 12.1 Å². The number of hydrogen-bond donors (Lipinski definition) is 1. The second kappa shape index (κ2) is 7.29. The number of nitrogens with zero attached hydrogens (tertiary/aromatic N) is 1. The fourth-order valence-electron chi connectivity index (χ4n) is 1.79. The zero-order valence-electron chi connectivity index (χ0n) is 11.9. The van der Waals surface area contributed by atoms with E-state index in [1.54, 1.807) is 29.4 Å². The molecule has 2 aromatic rings. The van der Waals surface area contributed by atoms with E-state index in [4.69, 9.17) is 22.1 Å². The second-order valence-electron chi connectivity index (χ2n) is 4.62. The van der Waals surface area contributed by atoms with E-state index in [1.807, 2.05) is 17.5 Å². The summed E-state index contributed by atoms with van der Waals surface area (Å²) >= 11 is 7.40. The Hall–Kier alpha value is -2.05. The summed E-state index contributed by atoms with van der Waals surface area (Å²) in [5, 5.41) is 2.33. The highest BCUT2D eigenvalue weighted by Crippen LogP contribution is 2.22. The van der Waals surface area contributed by atoms with Crippen molar-refractivity contribution in [2.75, 3.05) is 13.7 Å². The van der Waals surface area contributed by atoms with E-state index < -0.39 is 5.91 Å². The Morgan fingerprint density at radius 3 is 2.77 bits per heavy atom. The summed E-state index contributed by atoms with van der Waals surface area (Å²) in [7, 11) is 1.70. The average Bonchev–Trinajstić information content (AvgIpc) is 2.98. The number of carbonyl (C=O) groups excluding carboxylic acids is 2. The summed E-state index contributed by atoms with van der Waals surface area (Å²) in [6.07, 6.45) is 0. The number of carbonyl (C=O) groups is 2. The van der Waals surface area contributed by atoms with Crippen molar-refractivity contribution in [3.05, 3.63) is 51.2 Å². The van der Waals surface area contributed by atoms with Crippen molar-refractivity contribution in [1.29, 1.82) is 0 Å². The van der Waals surface area contributed by atoms with Crippen LogP contribution in [0.4, 0.5) is 0 Å². The first kappa shape index (κ1) is 16.3. The Morgan fingerprint density at radius 2 is 2.14 bits per heavy atom. The zero-order valence-corrected chi connectivity index (χ0v) is 13.5. The number of benzene rings is 1. The summed E-state index contributed by atoms with van der Waals surface area (Å²) in [6.45, 7) is 0.340. The van der Waals surface area contributed by atoms with Crippen LogP contribution in [0.25, 0.3) is 0 Å². The maximum Gasteiger partial charge on any atom is 0.260 e. The minimum absolute atomic E-state index is 0.154. The van der Waals surface area contributed by atoms with Crippen molar-refractivity contribution in [3.8, 4) is 5.75 Å². The topological polar surface area (TPSA) is 72.6 Å².